The molecule has 0 N–H and O–H groups in total. The first-order valence-corrected chi connectivity index (χ1v) is 9.91. The second-order valence-electron chi connectivity index (χ2n) is 7.66. The van der Waals surface area contributed by atoms with Crippen molar-refractivity contribution >= 4 is 22.6 Å². The number of para-hydroxylation sites is 2. The van der Waals surface area contributed by atoms with Gasteiger partial charge in [-0.1, -0.05) is 37.6 Å². The summed E-state index contributed by atoms with van der Waals surface area (Å²) in [7, 11) is 0. The van der Waals surface area contributed by atoms with Crippen LogP contribution in [0.1, 0.15) is 49.1 Å². The normalized spacial score (nSPS) is 17.2. The molecule has 1 fully saturated rings. The molecular formula is C23H27N3O. The van der Waals surface area contributed by atoms with Gasteiger partial charge in [-0.25, -0.2) is 4.98 Å². The van der Waals surface area contributed by atoms with Crippen molar-refractivity contribution in [1.29, 1.82) is 0 Å². The molecule has 1 aliphatic rings. The van der Waals surface area contributed by atoms with Crippen molar-refractivity contribution in [2.45, 2.75) is 52.5 Å². The number of hydrogen-bond acceptors (Lipinski definition) is 2. The summed E-state index contributed by atoms with van der Waals surface area (Å²) in [6.07, 6.45) is 2.79. The summed E-state index contributed by atoms with van der Waals surface area (Å²) in [4.78, 5) is 19.7. The number of benzene rings is 2. The Morgan fingerprint density at radius 3 is 2.78 bits per heavy atom. The number of amides is 1. The topological polar surface area (TPSA) is 38.1 Å². The lowest BCUT2D eigenvalue weighted by Gasteiger charge is -2.20. The summed E-state index contributed by atoms with van der Waals surface area (Å²) in [5.74, 6) is 1.40. The molecular weight excluding hydrogens is 334 g/mol. The first-order valence-electron chi connectivity index (χ1n) is 9.91. The maximum atomic E-state index is 12.9. The van der Waals surface area contributed by atoms with Crippen molar-refractivity contribution in [1.82, 2.24) is 9.55 Å². The molecule has 0 saturated carbocycles. The Morgan fingerprint density at radius 1 is 1.15 bits per heavy atom. The van der Waals surface area contributed by atoms with E-state index < -0.39 is 0 Å². The Labute approximate surface area is 160 Å². The lowest BCUT2D eigenvalue weighted by molar-refractivity contribution is -0.117. The van der Waals surface area contributed by atoms with Crippen LogP contribution in [0.5, 0.6) is 0 Å². The molecule has 2 aromatic carbocycles. The van der Waals surface area contributed by atoms with Crippen molar-refractivity contribution in [3.63, 3.8) is 0 Å². The smallest absolute Gasteiger partial charge is 0.227 e. The van der Waals surface area contributed by atoms with Crippen LogP contribution in [0.15, 0.2) is 42.5 Å². The van der Waals surface area contributed by atoms with E-state index in [0.29, 0.717) is 13.0 Å². The van der Waals surface area contributed by atoms with E-state index in [1.54, 1.807) is 0 Å². The van der Waals surface area contributed by atoms with Gasteiger partial charge in [0.2, 0.25) is 5.91 Å². The van der Waals surface area contributed by atoms with Crippen LogP contribution in [0.25, 0.3) is 11.0 Å². The summed E-state index contributed by atoms with van der Waals surface area (Å²) in [5, 5.41) is 0. The summed E-state index contributed by atoms with van der Waals surface area (Å²) in [6.45, 7) is 8.02. The zero-order chi connectivity index (χ0) is 19.0. The van der Waals surface area contributed by atoms with Crippen LogP contribution < -0.4 is 4.90 Å². The van der Waals surface area contributed by atoms with E-state index in [1.807, 2.05) is 11.0 Å². The van der Waals surface area contributed by atoms with Crippen molar-refractivity contribution in [3.8, 4) is 0 Å². The van der Waals surface area contributed by atoms with E-state index in [4.69, 9.17) is 4.98 Å². The molecule has 1 unspecified atom stereocenters. The van der Waals surface area contributed by atoms with E-state index in [1.165, 1.54) is 11.1 Å². The number of carbonyl (C=O) groups excluding carboxylic acids is 1. The number of aromatic nitrogens is 2. The van der Waals surface area contributed by atoms with Crippen LogP contribution in [0, 0.1) is 13.8 Å². The van der Waals surface area contributed by atoms with Gasteiger partial charge in [0.15, 0.2) is 0 Å². The van der Waals surface area contributed by atoms with Gasteiger partial charge in [0.05, 0.1) is 11.0 Å². The van der Waals surface area contributed by atoms with Crippen LogP contribution in [0.4, 0.5) is 5.69 Å². The van der Waals surface area contributed by atoms with Crippen molar-refractivity contribution < 1.29 is 4.79 Å². The SMILES string of the molecule is CCCCn1c(C2CC(=O)N(c3cc(C)ccc3C)C2)nc2ccccc21. The summed E-state index contributed by atoms with van der Waals surface area (Å²) >= 11 is 0. The second kappa shape index (κ2) is 7.18. The van der Waals surface area contributed by atoms with E-state index in [0.717, 1.165) is 42.0 Å². The highest BCUT2D eigenvalue weighted by Crippen LogP contribution is 2.35. The number of nitrogens with zero attached hydrogens (tertiary/aromatic N) is 3. The Hall–Kier alpha value is -2.62. The number of anilines is 1. The van der Waals surface area contributed by atoms with E-state index in [2.05, 4.69) is 61.7 Å². The fraction of sp³-hybridized carbons (Fsp3) is 0.391. The van der Waals surface area contributed by atoms with Crippen LogP contribution in [0.2, 0.25) is 0 Å². The minimum absolute atomic E-state index is 0.140. The zero-order valence-corrected chi connectivity index (χ0v) is 16.4. The minimum atomic E-state index is 0.140. The monoisotopic (exact) mass is 361 g/mol. The highest BCUT2D eigenvalue weighted by atomic mass is 16.2. The zero-order valence-electron chi connectivity index (χ0n) is 16.4. The molecule has 0 aliphatic carbocycles. The lowest BCUT2D eigenvalue weighted by atomic mass is 10.1. The van der Waals surface area contributed by atoms with E-state index >= 15 is 0 Å². The van der Waals surface area contributed by atoms with Gasteiger partial charge in [0, 0.05) is 31.1 Å². The van der Waals surface area contributed by atoms with E-state index in [-0.39, 0.29) is 11.8 Å². The first kappa shape index (κ1) is 17.8. The third-order valence-corrected chi connectivity index (χ3v) is 5.56. The summed E-state index contributed by atoms with van der Waals surface area (Å²) in [6, 6.07) is 14.6. The Kier molecular flexibility index (Phi) is 4.73. The first-order chi connectivity index (χ1) is 13.1. The molecule has 140 valence electrons. The van der Waals surface area contributed by atoms with Crippen LogP contribution in [-0.2, 0) is 11.3 Å². The quantitative estimate of drug-likeness (QED) is 0.643. The predicted molar refractivity (Wildman–Crippen MR) is 110 cm³/mol. The molecule has 4 nitrogen and oxygen atoms in total. The second-order valence-corrected chi connectivity index (χ2v) is 7.66. The van der Waals surface area contributed by atoms with E-state index in [9.17, 15) is 4.79 Å². The Balaban J connectivity index is 1.70. The molecule has 27 heavy (non-hydrogen) atoms. The molecule has 0 spiro atoms. The molecule has 1 aliphatic heterocycles. The minimum Gasteiger partial charge on any atom is -0.328 e. The molecule has 0 bridgehead atoms. The third kappa shape index (κ3) is 3.25. The van der Waals surface area contributed by atoms with Gasteiger partial charge in [-0.05, 0) is 49.6 Å². The fourth-order valence-electron chi connectivity index (χ4n) is 4.08. The van der Waals surface area contributed by atoms with Gasteiger partial charge in [-0.2, -0.15) is 0 Å². The average molecular weight is 361 g/mol. The molecule has 0 radical (unpaired) electrons. The number of fused-ring (bicyclic) bond motifs is 1. The average Bonchev–Trinajstić information content (AvgIpc) is 3.22. The number of carbonyl (C=O) groups is 1. The van der Waals surface area contributed by atoms with Crippen molar-refractivity contribution in [3.05, 3.63) is 59.4 Å². The Bertz CT molecular complexity index is 988. The van der Waals surface area contributed by atoms with Crippen molar-refractivity contribution in [2.24, 2.45) is 0 Å². The summed E-state index contributed by atoms with van der Waals surface area (Å²) in [5.41, 5.74) is 5.58. The molecule has 1 saturated heterocycles. The molecule has 1 aromatic heterocycles. The fourth-order valence-corrected chi connectivity index (χ4v) is 4.08. The molecule has 2 heterocycles. The highest BCUT2D eigenvalue weighted by Gasteiger charge is 2.35. The van der Waals surface area contributed by atoms with Crippen molar-refractivity contribution in [2.75, 3.05) is 11.4 Å². The highest BCUT2D eigenvalue weighted by molar-refractivity contribution is 5.97. The standard InChI is InChI=1S/C23H27N3O/c1-4-5-12-25-20-9-7-6-8-19(20)24-23(25)18-14-22(27)26(15-18)21-13-16(2)10-11-17(21)3/h6-11,13,18H,4-5,12,14-15H2,1-3H3. The van der Waals surface area contributed by atoms with Crippen LogP contribution in [0.3, 0.4) is 0 Å². The largest absolute Gasteiger partial charge is 0.328 e. The van der Waals surface area contributed by atoms with Crippen LogP contribution >= 0.6 is 0 Å². The van der Waals surface area contributed by atoms with Gasteiger partial charge in [-0.3, -0.25) is 4.79 Å². The third-order valence-electron chi connectivity index (χ3n) is 5.56. The number of imidazole rings is 1. The molecule has 4 rings (SSSR count). The Morgan fingerprint density at radius 2 is 1.96 bits per heavy atom. The van der Waals surface area contributed by atoms with Gasteiger partial charge >= 0.3 is 0 Å². The van der Waals surface area contributed by atoms with Gasteiger partial charge < -0.3 is 9.47 Å². The van der Waals surface area contributed by atoms with Gasteiger partial charge in [0.1, 0.15) is 5.82 Å². The number of hydrogen-bond donors (Lipinski definition) is 0. The van der Waals surface area contributed by atoms with Gasteiger partial charge in [0.25, 0.3) is 0 Å². The molecule has 4 heteroatoms. The predicted octanol–water partition coefficient (Wildman–Crippen LogP) is 4.97. The molecule has 1 atom stereocenters. The lowest BCUT2D eigenvalue weighted by Crippen LogP contribution is -2.25. The number of rotatable bonds is 5. The maximum absolute atomic E-state index is 12.9. The van der Waals surface area contributed by atoms with Gasteiger partial charge in [-0.15, -0.1) is 0 Å². The summed E-state index contributed by atoms with van der Waals surface area (Å²) < 4.78 is 2.34. The maximum Gasteiger partial charge on any atom is 0.227 e. The molecule has 1 amide bonds. The van der Waals surface area contributed by atoms with Crippen LogP contribution in [-0.4, -0.2) is 22.0 Å². The number of aryl methyl sites for hydroxylation is 3. The molecule has 3 aromatic rings. The number of unbranched alkanes of at least 4 members (excludes halogenated alkanes) is 1.